The third kappa shape index (κ3) is 2.50. The molecular formula is C18H22N4O3. The number of imide groups is 1. The molecule has 3 fully saturated rings. The summed E-state index contributed by atoms with van der Waals surface area (Å²) < 4.78 is 0. The van der Waals surface area contributed by atoms with Gasteiger partial charge in [0.15, 0.2) is 0 Å². The summed E-state index contributed by atoms with van der Waals surface area (Å²) in [4.78, 5) is 38.0. The summed E-state index contributed by atoms with van der Waals surface area (Å²) in [7, 11) is 0. The highest BCUT2D eigenvalue weighted by Gasteiger charge is 2.44. The first-order valence-corrected chi connectivity index (χ1v) is 8.67. The van der Waals surface area contributed by atoms with Crippen molar-refractivity contribution < 1.29 is 14.4 Å². The molecule has 2 aliphatic heterocycles. The summed E-state index contributed by atoms with van der Waals surface area (Å²) in [6.07, 6.45) is 2.15. The Morgan fingerprint density at radius 2 is 1.92 bits per heavy atom. The number of hydrogen-bond donors (Lipinski definition) is 3. The molecule has 7 heteroatoms. The van der Waals surface area contributed by atoms with Gasteiger partial charge < -0.3 is 16.0 Å². The van der Waals surface area contributed by atoms with Crippen molar-refractivity contribution in [1.29, 1.82) is 0 Å². The van der Waals surface area contributed by atoms with E-state index in [1.54, 1.807) is 31.2 Å². The molecule has 7 nitrogen and oxygen atoms in total. The van der Waals surface area contributed by atoms with Crippen LogP contribution in [-0.4, -0.2) is 41.9 Å². The van der Waals surface area contributed by atoms with Gasteiger partial charge in [0.05, 0.1) is 0 Å². The summed E-state index contributed by atoms with van der Waals surface area (Å²) in [6, 6.07) is 6.58. The van der Waals surface area contributed by atoms with Crippen LogP contribution in [0.25, 0.3) is 0 Å². The number of nitrogens with one attached hydrogen (secondary N) is 2. The van der Waals surface area contributed by atoms with Gasteiger partial charge in [-0.2, -0.15) is 0 Å². The normalized spacial score (nSPS) is 34.0. The van der Waals surface area contributed by atoms with E-state index in [9.17, 15) is 14.4 Å². The third-order valence-electron chi connectivity index (χ3n) is 5.95. The van der Waals surface area contributed by atoms with Gasteiger partial charge in [-0.3, -0.25) is 14.9 Å². The van der Waals surface area contributed by atoms with Crippen LogP contribution in [0.4, 0.5) is 4.79 Å². The van der Waals surface area contributed by atoms with Gasteiger partial charge in [-0.15, -0.1) is 0 Å². The number of hydrogen-bond acceptors (Lipinski definition) is 4. The Kier molecular flexibility index (Phi) is 3.57. The van der Waals surface area contributed by atoms with E-state index >= 15 is 0 Å². The number of fused-ring (bicyclic) bond motifs is 1. The first kappa shape index (κ1) is 16.1. The maximum absolute atomic E-state index is 12.7. The van der Waals surface area contributed by atoms with E-state index in [4.69, 9.17) is 5.73 Å². The third-order valence-corrected chi connectivity index (χ3v) is 5.95. The van der Waals surface area contributed by atoms with Gasteiger partial charge in [0.2, 0.25) is 0 Å². The summed E-state index contributed by atoms with van der Waals surface area (Å²) in [5.41, 5.74) is 6.27. The van der Waals surface area contributed by atoms with Crippen molar-refractivity contribution in [2.75, 3.05) is 13.1 Å². The molecule has 4 rings (SSSR count). The fourth-order valence-corrected chi connectivity index (χ4v) is 4.35. The van der Waals surface area contributed by atoms with Crippen LogP contribution in [0.1, 0.15) is 35.7 Å². The second kappa shape index (κ2) is 5.56. The van der Waals surface area contributed by atoms with Gasteiger partial charge in [0.1, 0.15) is 5.54 Å². The molecule has 3 aliphatic rings. The first-order valence-electron chi connectivity index (χ1n) is 8.67. The number of benzene rings is 1. The Labute approximate surface area is 145 Å². The van der Waals surface area contributed by atoms with E-state index in [-0.39, 0.29) is 11.9 Å². The average Bonchev–Trinajstić information content (AvgIpc) is 3.23. The minimum absolute atomic E-state index is 0.00166. The van der Waals surface area contributed by atoms with Crippen molar-refractivity contribution in [3.63, 3.8) is 0 Å². The number of amides is 4. The minimum atomic E-state index is -1.10. The second-order valence-electron chi connectivity index (χ2n) is 7.49. The van der Waals surface area contributed by atoms with E-state index in [1.807, 2.05) is 4.90 Å². The van der Waals surface area contributed by atoms with Crippen LogP contribution in [0.15, 0.2) is 24.3 Å². The molecule has 25 heavy (non-hydrogen) atoms. The zero-order valence-electron chi connectivity index (χ0n) is 14.1. The van der Waals surface area contributed by atoms with Crippen molar-refractivity contribution in [3.05, 3.63) is 35.4 Å². The van der Waals surface area contributed by atoms with Crippen molar-refractivity contribution >= 4 is 17.8 Å². The van der Waals surface area contributed by atoms with Crippen LogP contribution in [0.5, 0.6) is 0 Å². The van der Waals surface area contributed by atoms with Crippen molar-refractivity contribution in [1.82, 2.24) is 15.5 Å². The van der Waals surface area contributed by atoms with E-state index in [1.165, 1.54) is 0 Å². The van der Waals surface area contributed by atoms with Crippen molar-refractivity contribution in [3.8, 4) is 0 Å². The topological polar surface area (TPSA) is 105 Å². The molecule has 2 heterocycles. The SMILES string of the molecule is CC1(c2ccc(C(=O)N3CC4CCC(N)C4C3)cc2)NC(=O)NC1=O. The fraction of sp³-hybridized carbons (Fsp3) is 0.500. The molecule has 0 aromatic heterocycles. The summed E-state index contributed by atoms with van der Waals surface area (Å²) in [5, 5.41) is 4.86. The Morgan fingerprint density at radius 1 is 1.20 bits per heavy atom. The standard InChI is InChI=1S/C18H22N4O3/c1-18(16(24)20-17(25)21-18)12-5-2-10(3-6-12)15(23)22-8-11-4-7-14(19)13(11)9-22/h2-3,5-6,11,13-14H,4,7-9,19H2,1H3,(H2,20,21,24,25). The molecule has 2 saturated heterocycles. The molecule has 1 aromatic carbocycles. The minimum Gasteiger partial charge on any atom is -0.338 e. The van der Waals surface area contributed by atoms with Gasteiger partial charge in [-0.25, -0.2) is 4.79 Å². The van der Waals surface area contributed by atoms with Gasteiger partial charge in [0, 0.05) is 24.7 Å². The van der Waals surface area contributed by atoms with Crippen LogP contribution >= 0.6 is 0 Å². The molecule has 1 saturated carbocycles. The number of carbonyl (C=O) groups is 3. The molecule has 1 aromatic rings. The largest absolute Gasteiger partial charge is 0.338 e. The number of rotatable bonds is 2. The number of nitrogens with zero attached hydrogens (tertiary/aromatic N) is 1. The molecule has 4 N–H and O–H groups in total. The van der Waals surface area contributed by atoms with E-state index in [0.29, 0.717) is 23.0 Å². The summed E-state index contributed by atoms with van der Waals surface area (Å²) in [6.45, 7) is 3.14. The van der Waals surface area contributed by atoms with Crippen LogP contribution in [0.2, 0.25) is 0 Å². The molecule has 0 bridgehead atoms. The van der Waals surface area contributed by atoms with E-state index in [0.717, 1.165) is 25.9 Å². The second-order valence-corrected chi connectivity index (χ2v) is 7.49. The Hall–Kier alpha value is -2.41. The summed E-state index contributed by atoms with van der Waals surface area (Å²) in [5.74, 6) is 0.546. The highest BCUT2D eigenvalue weighted by Crippen LogP contribution is 2.37. The molecule has 0 spiro atoms. The molecule has 4 unspecified atom stereocenters. The lowest BCUT2D eigenvalue weighted by Gasteiger charge is -2.22. The number of carbonyl (C=O) groups excluding carboxylic acids is 3. The highest BCUT2D eigenvalue weighted by molar-refractivity contribution is 6.07. The Balaban J connectivity index is 1.50. The lowest BCUT2D eigenvalue weighted by Crippen LogP contribution is -2.40. The fourth-order valence-electron chi connectivity index (χ4n) is 4.35. The molecule has 1 aliphatic carbocycles. The van der Waals surface area contributed by atoms with Crippen LogP contribution in [-0.2, 0) is 10.3 Å². The highest BCUT2D eigenvalue weighted by atomic mass is 16.2. The smallest absolute Gasteiger partial charge is 0.322 e. The van der Waals surface area contributed by atoms with Gasteiger partial charge >= 0.3 is 6.03 Å². The maximum atomic E-state index is 12.7. The molecule has 4 amide bonds. The van der Waals surface area contributed by atoms with Crippen LogP contribution in [0, 0.1) is 11.8 Å². The van der Waals surface area contributed by atoms with E-state index < -0.39 is 17.5 Å². The predicted molar refractivity (Wildman–Crippen MR) is 90.6 cm³/mol. The molecule has 0 radical (unpaired) electrons. The monoisotopic (exact) mass is 342 g/mol. The zero-order chi connectivity index (χ0) is 17.8. The lowest BCUT2D eigenvalue weighted by molar-refractivity contribution is -0.123. The quantitative estimate of drug-likeness (QED) is 0.683. The zero-order valence-corrected chi connectivity index (χ0v) is 14.1. The maximum Gasteiger partial charge on any atom is 0.322 e. The molecule has 132 valence electrons. The number of nitrogens with two attached hydrogens (primary N) is 1. The molecule has 4 atom stereocenters. The lowest BCUT2D eigenvalue weighted by atomic mass is 9.91. The number of urea groups is 1. The van der Waals surface area contributed by atoms with Gasteiger partial charge in [-0.05, 0) is 49.3 Å². The molecular weight excluding hydrogens is 320 g/mol. The first-order chi connectivity index (χ1) is 11.9. The van der Waals surface area contributed by atoms with Gasteiger partial charge in [-0.1, -0.05) is 12.1 Å². The predicted octanol–water partition coefficient (Wildman–Crippen LogP) is 0.551. The number of likely N-dealkylation sites (tertiary alicyclic amines) is 1. The van der Waals surface area contributed by atoms with Crippen LogP contribution in [0.3, 0.4) is 0 Å². The van der Waals surface area contributed by atoms with Gasteiger partial charge in [0.25, 0.3) is 11.8 Å². The van der Waals surface area contributed by atoms with Crippen LogP contribution < -0.4 is 16.4 Å². The Morgan fingerprint density at radius 3 is 2.52 bits per heavy atom. The van der Waals surface area contributed by atoms with E-state index in [2.05, 4.69) is 10.6 Å². The summed E-state index contributed by atoms with van der Waals surface area (Å²) >= 11 is 0. The van der Waals surface area contributed by atoms with Crippen molar-refractivity contribution in [2.45, 2.75) is 31.3 Å². The average molecular weight is 342 g/mol. The van der Waals surface area contributed by atoms with Crippen molar-refractivity contribution in [2.24, 2.45) is 17.6 Å². The Bertz CT molecular complexity index is 747.